The van der Waals surface area contributed by atoms with Crippen molar-refractivity contribution in [1.82, 2.24) is 20.3 Å². The molecule has 1 aliphatic rings. The average molecular weight is 550 g/mol. The highest BCUT2D eigenvalue weighted by Gasteiger charge is 2.53. The molecule has 2 aromatic rings. The first-order chi connectivity index (χ1) is 18.5. The molecular weight excluding hydrogens is 523 g/mol. The molecule has 5 atom stereocenters. The van der Waals surface area contributed by atoms with E-state index in [-0.39, 0.29) is 17.8 Å². The second kappa shape index (κ2) is 12.9. The van der Waals surface area contributed by atoms with Gasteiger partial charge in [-0.25, -0.2) is 9.07 Å². The summed E-state index contributed by atoms with van der Waals surface area (Å²) in [6.07, 6.45) is -5.21. The van der Waals surface area contributed by atoms with Crippen molar-refractivity contribution in [1.29, 1.82) is 0 Å². The molecule has 1 fully saturated rings. The number of nitrogens with zero attached hydrogens (tertiary/aromatic N) is 3. The molecule has 1 saturated heterocycles. The molecule has 1 amide bonds. The highest BCUT2D eigenvalue weighted by Crippen LogP contribution is 2.34. The fraction of sp³-hybridized carbons (Fsp3) is 0.458. The minimum absolute atomic E-state index is 0.154. The Hall–Kier alpha value is -4.40. The van der Waals surface area contributed by atoms with Crippen LogP contribution in [0.1, 0.15) is 50.0 Å². The van der Waals surface area contributed by atoms with Crippen molar-refractivity contribution in [3.8, 4) is 0 Å². The Morgan fingerprint density at radius 1 is 0.923 bits per heavy atom. The molecule has 0 unspecified atom stereocenters. The Labute approximate surface area is 221 Å². The van der Waals surface area contributed by atoms with Gasteiger partial charge in [-0.15, -0.1) is 5.10 Å². The van der Waals surface area contributed by atoms with Crippen LogP contribution in [-0.4, -0.2) is 75.8 Å². The molecule has 0 saturated carbocycles. The van der Waals surface area contributed by atoms with E-state index in [1.54, 1.807) is 0 Å². The molecule has 210 valence electrons. The van der Waals surface area contributed by atoms with Gasteiger partial charge in [0.15, 0.2) is 24.5 Å². The fourth-order valence-corrected chi connectivity index (χ4v) is 3.85. The standard InChI is InChI=1S/C24H27FN4O10/c1-12(30)35-11-19-20(36-13(2)31)21(37-14(3)32)22(38-15(4)33)24(39-19)29-10-16(27-28-29)9-26-23(34)17-7-5-6-8-18(17)25/h5-8,10,19-22,24H,9,11H2,1-4H3,(H,26,34)/t19-,20-,21+,22-,24-/m1/s1. The van der Waals surface area contributed by atoms with Gasteiger partial charge in [0.1, 0.15) is 24.2 Å². The van der Waals surface area contributed by atoms with Gasteiger partial charge >= 0.3 is 23.9 Å². The minimum Gasteiger partial charge on any atom is -0.463 e. The summed E-state index contributed by atoms with van der Waals surface area (Å²) in [6.45, 7) is 3.92. The van der Waals surface area contributed by atoms with Gasteiger partial charge in [0.25, 0.3) is 5.91 Å². The number of esters is 4. The third-order valence-corrected chi connectivity index (χ3v) is 5.33. The summed E-state index contributed by atoms with van der Waals surface area (Å²) in [7, 11) is 0. The third kappa shape index (κ3) is 7.80. The van der Waals surface area contributed by atoms with Crippen LogP contribution < -0.4 is 5.32 Å². The first-order valence-corrected chi connectivity index (χ1v) is 11.7. The number of benzene rings is 1. The van der Waals surface area contributed by atoms with Crippen LogP contribution in [0.5, 0.6) is 0 Å². The Bertz CT molecular complexity index is 1230. The van der Waals surface area contributed by atoms with Gasteiger partial charge in [-0.3, -0.25) is 24.0 Å². The number of carbonyl (C=O) groups excluding carboxylic acids is 5. The third-order valence-electron chi connectivity index (χ3n) is 5.33. The number of ether oxygens (including phenoxy) is 5. The number of nitrogens with one attached hydrogen (secondary N) is 1. The van der Waals surface area contributed by atoms with Crippen LogP contribution in [0, 0.1) is 5.82 Å². The molecule has 1 N–H and O–H groups in total. The summed E-state index contributed by atoms with van der Waals surface area (Å²) < 4.78 is 42.2. The molecule has 2 heterocycles. The van der Waals surface area contributed by atoms with Gasteiger partial charge in [-0.1, -0.05) is 17.3 Å². The SMILES string of the molecule is CC(=O)OC[C@H]1O[C@@H](n2cc(CNC(=O)c3ccccc3F)nn2)[C@H](OC(C)=O)[C@@H](OC(C)=O)[C@@H]1OC(C)=O. The van der Waals surface area contributed by atoms with Crippen molar-refractivity contribution in [2.75, 3.05) is 6.61 Å². The summed E-state index contributed by atoms with van der Waals surface area (Å²) in [6, 6.07) is 5.43. The molecule has 39 heavy (non-hydrogen) atoms. The maximum Gasteiger partial charge on any atom is 0.303 e. The molecule has 14 nitrogen and oxygen atoms in total. The zero-order chi connectivity index (χ0) is 28.7. The Morgan fingerprint density at radius 2 is 1.54 bits per heavy atom. The number of aromatic nitrogens is 3. The molecular formula is C24H27FN4O10. The lowest BCUT2D eigenvalue weighted by Crippen LogP contribution is -2.60. The van der Waals surface area contributed by atoms with Crippen LogP contribution in [0.3, 0.4) is 0 Å². The monoisotopic (exact) mass is 550 g/mol. The molecule has 0 radical (unpaired) electrons. The van der Waals surface area contributed by atoms with E-state index >= 15 is 0 Å². The zero-order valence-electron chi connectivity index (χ0n) is 21.5. The van der Waals surface area contributed by atoms with E-state index in [9.17, 15) is 28.4 Å². The highest BCUT2D eigenvalue weighted by atomic mass is 19.1. The maximum atomic E-state index is 13.9. The van der Waals surface area contributed by atoms with Gasteiger partial charge < -0.3 is 29.0 Å². The predicted octanol–water partition coefficient (Wildman–Crippen LogP) is 0.603. The second-order valence-corrected chi connectivity index (χ2v) is 8.44. The number of hydrogen-bond acceptors (Lipinski definition) is 12. The van der Waals surface area contributed by atoms with Crippen LogP contribution in [0.15, 0.2) is 30.5 Å². The van der Waals surface area contributed by atoms with Gasteiger partial charge in [-0.2, -0.15) is 0 Å². The molecule has 0 spiro atoms. The summed E-state index contributed by atoms with van der Waals surface area (Å²) >= 11 is 0. The van der Waals surface area contributed by atoms with E-state index < -0.39 is 72.9 Å². The van der Waals surface area contributed by atoms with Crippen LogP contribution in [0.25, 0.3) is 0 Å². The number of halogens is 1. The van der Waals surface area contributed by atoms with Crippen molar-refractivity contribution in [3.05, 3.63) is 47.5 Å². The maximum absolute atomic E-state index is 13.9. The molecule has 1 aliphatic heterocycles. The second-order valence-electron chi connectivity index (χ2n) is 8.44. The average Bonchev–Trinajstić information content (AvgIpc) is 3.32. The summed E-state index contributed by atoms with van der Waals surface area (Å²) in [5.74, 6) is -4.36. The van der Waals surface area contributed by atoms with E-state index in [2.05, 4.69) is 15.6 Å². The normalized spacial score (nSPS) is 22.3. The van der Waals surface area contributed by atoms with Gasteiger partial charge in [-0.05, 0) is 12.1 Å². The topological polar surface area (TPSA) is 174 Å². The highest BCUT2D eigenvalue weighted by molar-refractivity contribution is 5.94. The first kappa shape index (κ1) is 29.2. The number of carbonyl (C=O) groups is 5. The van der Waals surface area contributed by atoms with Gasteiger partial charge in [0.05, 0.1) is 18.3 Å². The minimum atomic E-state index is -1.39. The predicted molar refractivity (Wildman–Crippen MR) is 125 cm³/mol. The van der Waals surface area contributed by atoms with Crippen molar-refractivity contribution >= 4 is 29.8 Å². The number of rotatable bonds is 9. The lowest BCUT2D eigenvalue weighted by Gasteiger charge is -2.44. The molecule has 1 aromatic heterocycles. The van der Waals surface area contributed by atoms with Gasteiger partial charge in [0, 0.05) is 27.7 Å². The van der Waals surface area contributed by atoms with Crippen LogP contribution in [0.2, 0.25) is 0 Å². The lowest BCUT2D eigenvalue weighted by atomic mass is 9.97. The molecule has 1 aromatic carbocycles. The van der Waals surface area contributed by atoms with Crippen LogP contribution in [0.4, 0.5) is 4.39 Å². The summed E-state index contributed by atoms with van der Waals surface area (Å²) in [4.78, 5) is 59.6. The van der Waals surface area contributed by atoms with E-state index in [0.717, 1.165) is 38.4 Å². The van der Waals surface area contributed by atoms with E-state index in [4.69, 9.17) is 23.7 Å². The number of amides is 1. The Morgan fingerprint density at radius 3 is 2.15 bits per heavy atom. The lowest BCUT2D eigenvalue weighted by molar-refractivity contribution is -0.270. The largest absolute Gasteiger partial charge is 0.463 e. The molecule has 3 rings (SSSR count). The van der Waals surface area contributed by atoms with E-state index in [1.807, 2.05) is 0 Å². The first-order valence-electron chi connectivity index (χ1n) is 11.7. The van der Waals surface area contributed by atoms with Crippen molar-refractivity contribution < 1.29 is 52.0 Å². The number of hydrogen-bond donors (Lipinski definition) is 1. The smallest absolute Gasteiger partial charge is 0.303 e. The Balaban J connectivity index is 1.90. The van der Waals surface area contributed by atoms with Crippen molar-refractivity contribution in [2.45, 2.75) is 64.9 Å². The van der Waals surface area contributed by atoms with Crippen LogP contribution >= 0.6 is 0 Å². The quantitative estimate of drug-likeness (QED) is 0.341. The summed E-state index contributed by atoms with van der Waals surface area (Å²) in [5, 5.41) is 10.4. The molecule has 0 bridgehead atoms. The van der Waals surface area contributed by atoms with Crippen molar-refractivity contribution in [3.63, 3.8) is 0 Å². The van der Waals surface area contributed by atoms with Crippen LogP contribution in [-0.2, 0) is 49.4 Å². The summed E-state index contributed by atoms with van der Waals surface area (Å²) in [5.41, 5.74) is 0.0528. The van der Waals surface area contributed by atoms with E-state index in [1.165, 1.54) is 24.4 Å². The van der Waals surface area contributed by atoms with Gasteiger partial charge in [0.2, 0.25) is 0 Å². The molecule has 0 aliphatic carbocycles. The fourth-order valence-electron chi connectivity index (χ4n) is 3.85. The Kier molecular flexibility index (Phi) is 9.65. The van der Waals surface area contributed by atoms with Crippen molar-refractivity contribution in [2.24, 2.45) is 0 Å². The van der Waals surface area contributed by atoms with E-state index in [0.29, 0.717) is 0 Å². The molecule has 15 heteroatoms. The zero-order valence-corrected chi connectivity index (χ0v) is 21.5.